The van der Waals surface area contributed by atoms with Crippen LogP contribution in [0.15, 0.2) is 27.8 Å². The van der Waals surface area contributed by atoms with Gasteiger partial charge in [0.2, 0.25) is 0 Å². The van der Waals surface area contributed by atoms with Gasteiger partial charge in [-0.25, -0.2) is 4.99 Å². The molecule has 0 bridgehead atoms. The van der Waals surface area contributed by atoms with Crippen molar-refractivity contribution in [3.05, 3.63) is 24.2 Å². The predicted octanol–water partition coefficient (Wildman–Crippen LogP) is 1.29. The van der Waals surface area contributed by atoms with Gasteiger partial charge in [0.25, 0.3) is 0 Å². The van der Waals surface area contributed by atoms with Gasteiger partial charge in [0.05, 0.1) is 6.26 Å². The van der Waals surface area contributed by atoms with Crippen molar-refractivity contribution in [2.45, 2.75) is 20.4 Å². The molecular weight excluding hydrogens is 228 g/mol. The third-order valence-corrected chi connectivity index (χ3v) is 2.64. The molecule has 0 spiro atoms. The number of hydrogen-bond donors (Lipinski definition) is 2. The average molecular weight is 252 g/mol. The topological polar surface area (TPSA) is 52.8 Å². The van der Waals surface area contributed by atoms with Gasteiger partial charge in [-0.3, -0.25) is 0 Å². The summed E-state index contributed by atoms with van der Waals surface area (Å²) in [7, 11) is 2.11. The first-order valence-electron chi connectivity index (χ1n) is 6.49. The van der Waals surface area contributed by atoms with E-state index in [-0.39, 0.29) is 0 Å². The maximum atomic E-state index is 5.25. The zero-order chi connectivity index (χ0) is 13.2. The lowest BCUT2D eigenvalue weighted by Gasteiger charge is -2.16. The van der Waals surface area contributed by atoms with Crippen LogP contribution in [0.2, 0.25) is 0 Å². The van der Waals surface area contributed by atoms with Crippen molar-refractivity contribution in [3.63, 3.8) is 0 Å². The van der Waals surface area contributed by atoms with E-state index in [1.807, 2.05) is 12.1 Å². The van der Waals surface area contributed by atoms with Crippen LogP contribution < -0.4 is 10.6 Å². The molecule has 5 nitrogen and oxygen atoms in total. The van der Waals surface area contributed by atoms with Gasteiger partial charge >= 0.3 is 0 Å². The second kappa shape index (κ2) is 8.58. The van der Waals surface area contributed by atoms with E-state index in [9.17, 15) is 0 Å². The van der Waals surface area contributed by atoms with E-state index < -0.39 is 0 Å². The van der Waals surface area contributed by atoms with Crippen LogP contribution in [0.1, 0.15) is 19.6 Å². The van der Waals surface area contributed by atoms with Crippen molar-refractivity contribution in [2.24, 2.45) is 4.99 Å². The number of furan rings is 1. The van der Waals surface area contributed by atoms with Crippen molar-refractivity contribution in [2.75, 3.05) is 33.2 Å². The molecule has 1 aromatic rings. The van der Waals surface area contributed by atoms with Gasteiger partial charge in [-0.1, -0.05) is 6.92 Å². The first-order valence-corrected chi connectivity index (χ1v) is 6.49. The quantitative estimate of drug-likeness (QED) is 0.567. The Morgan fingerprint density at radius 2 is 2.22 bits per heavy atom. The van der Waals surface area contributed by atoms with Gasteiger partial charge in [-0.2, -0.15) is 0 Å². The normalized spacial score (nSPS) is 11.9. The van der Waals surface area contributed by atoms with Gasteiger partial charge in [0, 0.05) is 19.6 Å². The summed E-state index contributed by atoms with van der Waals surface area (Å²) >= 11 is 0. The molecule has 0 saturated carbocycles. The van der Waals surface area contributed by atoms with Crippen LogP contribution in [0, 0.1) is 0 Å². The Balaban J connectivity index is 2.36. The van der Waals surface area contributed by atoms with E-state index in [0.717, 1.165) is 37.9 Å². The highest BCUT2D eigenvalue weighted by Gasteiger charge is 1.99. The summed E-state index contributed by atoms with van der Waals surface area (Å²) in [5.74, 6) is 1.70. The van der Waals surface area contributed by atoms with Crippen molar-refractivity contribution in [3.8, 4) is 0 Å². The van der Waals surface area contributed by atoms with Crippen molar-refractivity contribution < 1.29 is 4.42 Å². The van der Waals surface area contributed by atoms with Gasteiger partial charge in [0.15, 0.2) is 5.96 Å². The average Bonchev–Trinajstić information content (AvgIpc) is 2.88. The maximum Gasteiger partial charge on any atom is 0.191 e. The Hall–Kier alpha value is -1.49. The lowest BCUT2D eigenvalue weighted by Crippen LogP contribution is -2.40. The number of hydrogen-bond acceptors (Lipinski definition) is 3. The van der Waals surface area contributed by atoms with E-state index >= 15 is 0 Å². The fraction of sp³-hybridized carbons (Fsp3) is 0.615. The molecule has 0 amide bonds. The Kier molecular flexibility index (Phi) is 6.94. The second-order valence-electron chi connectivity index (χ2n) is 4.10. The summed E-state index contributed by atoms with van der Waals surface area (Å²) in [5, 5.41) is 6.52. The highest BCUT2D eigenvalue weighted by molar-refractivity contribution is 5.79. The van der Waals surface area contributed by atoms with E-state index in [1.165, 1.54) is 0 Å². The Bertz CT molecular complexity index is 335. The standard InChI is InChI=1S/C13H24N4O/c1-4-14-13(15-8-9-17(3)5-2)16-11-12-7-6-10-18-12/h6-7,10H,4-5,8-9,11H2,1-3H3,(H2,14,15,16). The molecule has 1 heterocycles. The minimum absolute atomic E-state index is 0.561. The molecule has 0 aliphatic carbocycles. The second-order valence-corrected chi connectivity index (χ2v) is 4.10. The summed E-state index contributed by atoms with van der Waals surface area (Å²) in [5.41, 5.74) is 0. The first-order chi connectivity index (χ1) is 8.76. The van der Waals surface area contributed by atoms with Crippen molar-refractivity contribution in [1.29, 1.82) is 0 Å². The molecule has 0 saturated heterocycles. The molecule has 0 atom stereocenters. The van der Waals surface area contributed by atoms with Gasteiger partial charge in [-0.15, -0.1) is 0 Å². The van der Waals surface area contributed by atoms with Gasteiger partial charge < -0.3 is 20.0 Å². The molecule has 0 fully saturated rings. The van der Waals surface area contributed by atoms with Crippen LogP contribution in [0.3, 0.4) is 0 Å². The monoisotopic (exact) mass is 252 g/mol. The lowest BCUT2D eigenvalue weighted by molar-refractivity contribution is 0.357. The van der Waals surface area contributed by atoms with Crippen LogP contribution in [0.5, 0.6) is 0 Å². The fourth-order valence-electron chi connectivity index (χ4n) is 1.42. The number of guanidine groups is 1. The summed E-state index contributed by atoms with van der Waals surface area (Å²) in [6, 6.07) is 3.80. The van der Waals surface area contributed by atoms with E-state index in [1.54, 1.807) is 6.26 Å². The molecule has 0 aromatic carbocycles. The third kappa shape index (κ3) is 5.72. The van der Waals surface area contributed by atoms with Crippen LogP contribution in [0.25, 0.3) is 0 Å². The highest BCUT2D eigenvalue weighted by atomic mass is 16.3. The molecule has 102 valence electrons. The number of rotatable bonds is 7. The first kappa shape index (κ1) is 14.6. The van der Waals surface area contributed by atoms with Crippen LogP contribution >= 0.6 is 0 Å². The summed E-state index contributed by atoms with van der Waals surface area (Å²) in [6.45, 7) is 8.57. The molecule has 0 radical (unpaired) electrons. The summed E-state index contributed by atoms with van der Waals surface area (Å²) in [6.07, 6.45) is 1.67. The lowest BCUT2D eigenvalue weighted by atomic mass is 10.4. The van der Waals surface area contributed by atoms with Crippen LogP contribution in [0.4, 0.5) is 0 Å². The third-order valence-electron chi connectivity index (χ3n) is 2.64. The minimum Gasteiger partial charge on any atom is -0.467 e. The molecular formula is C13H24N4O. The highest BCUT2D eigenvalue weighted by Crippen LogP contribution is 2.00. The smallest absolute Gasteiger partial charge is 0.191 e. The number of nitrogens with zero attached hydrogens (tertiary/aromatic N) is 2. The van der Waals surface area contributed by atoms with Crippen LogP contribution in [-0.2, 0) is 6.54 Å². The largest absolute Gasteiger partial charge is 0.467 e. The molecule has 0 unspecified atom stereocenters. The Labute approximate surface area is 109 Å². The van der Waals surface area contributed by atoms with E-state index in [0.29, 0.717) is 6.54 Å². The number of nitrogens with one attached hydrogen (secondary N) is 2. The summed E-state index contributed by atoms with van der Waals surface area (Å²) in [4.78, 5) is 6.71. The molecule has 18 heavy (non-hydrogen) atoms. The van der Waals surface area contributed by atoms with Crippen LogP contribution in [-0.4, -0.2) is 44.1 Å². The molecule has 2 N–H and O–H groups in total. The SMILES string of the molecule is CCNC(=NCc1ccco1)NCCN(C)CC. The molecule has 0 aliphatic rings. The zero-order valence-electron chi connectivity index (χ0n) is 11.6. The molecule has 1 rings (SSSR count). The minimum atomic E-state index is 0.561. The Morgan fingerprint density at radius 1 is 1.39 bits per heavy atom. The van der Waals surface area contributed by atoms with Gasteiger partial charge in [0.1, 0.15) is 12.3 Å². The molecule has 5 heteroatoms. The Morgan fingerprint density at radius 3 is 2.83 bits per heavy atom. The van der Waals surface area contributed by atoms with E-state index in [2.05, 4.69) is 41.4 Å². The fourth-order valence-corrected chi connectivity index (χ4v) is 1.42. The van der Waals surface area contributed by atoms with E-state index in [4.69, 9.17) is 4.42 Å². The predicted molar refractivity (Wildman–Crippen MR) is 74.7 cm³/mol. The number of aliphatic imine (C=N–C) groups is 1. The molecule has 1 aromatic heterocycles. The number of likely N-dealkylation sites (N-methyl/N-ethyl adjacent to an activating group) is 1. The van der Waals surface area contributed by atoms with Crippen molar-refractivity contribution >= 4 is 5.96 Å². The molecule has 0 aliphatic heterocycles. The van der Waals surface area contributed by atoms with Gasteiger partial charge in [-0.05, 0) is 32.6 Å². The summed E-state index contributed by atoms with van der Waals surface area (Å²) < 4.78 is 5.25. The zero-order valence-corrected chi connectivity index (χ0v) is 11.6. The van der Waals surface area contributed by atoms with Crippen molar-refractivity contribution in [1.82, 2.24) is 15.5 Å². The maximum absolute atomic E-state index is 5.25.